The molecule has 1 amide bonds. The van der Waals surface area contributed by atoms with E-state index in [1.807, 2.05) is 56.3 Å². The minimum Gasteiger partial charge on any atom is -0.504 e. The molecule has 0 atom stereocenters. The first kappa shape index (κ1) is 17.7. The first-order valence-corrected chi connectivity index (χ1v) is 8.53. The second-order valence-corrected chi connectivity index (χ2v) is 6.56. The summed E-state index contributed by atoms with van der Waals surface area (Å²) in [5.74, 6) is -0.0809. The number of aryl methyl sites for hydroxylation is 2. The predicted octanol–water partition coefficient (Wildman–Crippen LogP) is 3.61. The number of benzene rings is 1. The number of pyridine rings is 1. The molecule has 0 aliphatic rings. The Labute approximate surface area is 153 Å². The molecule has 0 saturated heterocycles. The summed E-state index contributed by atoms with van der Waals surface area (Å²) in [5, 5.41) is 10.8. The fraction of sp³-hybridized carbons (Fsp3) is 0.238. The first-order chi connectivity index (χ1) is 12.4. The molecule has 0 saturated carbocycles. The second kappa shape index (κ2) is 7.04. The Morgan fingerprint density at radius 3 is 2.58 bits per heavy atom. The zero-order valence-electron chi connectivity index (χ0n) is 15.5. The summed E-state index contributed by atoms with van der Waals surface area (Å²) in [5.41, 5.74) is 4.38. The Kier molecular flexibility index (Phi) is 4.80. The van der Waals surface area contributed by atoms with Crippen molar-refractivity contribution in [3.05, 3.63) is 70.7 Å². The quantitative estimate of drug-likeness (QED) is 0.783. The highest BCUT2D eigenvalue weighted by Gasteiger charge is 2.21. The molecule has 3 rings (SSSR count). The summed E-state index contributed by atoms with van der Waals surface area (Å²) in [7, 11) is 3.42. The van der Waals surface area contributed by atoms with Gasteiger partial charge in [-0.2, -0.15) is 0 Å². The van der Waals surface area contributed by atoms with E-state index in [1.165, 1.54) is 4.90 Å². The number of hydrogen-bond donors (Lipinski definition) is 1. The van der Waals surface area contributed by atoms with Gasteiger partial charge in [0.05, 0.1) is 11.3 Å². The zero-order chi connectivity index (χ0) is 18.8. The van der Waals surface area contributed by atoms with Gasteiger partial charge < -0.3 is 14.4 Å². The number of hydrogen-bond acceptors (Lipinski definition) is 3. The third-order valence-corrected chi connectivity index (χ3v) is 4.54. The standard InChI is InChI=1S/C21H23N3O2/c1-14-15(2)24-13-18(21(26)23(3)4)17(19(25)20(24)22-14)12-8-11-16-9-6-5-7-10-16/h5-11,13,25H,12H2,1-4H3. The Morgan fingerprint density at radius 2 is 1.92 bits per heavy atom. The molecule has 5 heteroatoms. The van der Waals surface area contributed by atoms with Crippen LogP contribution in [-0.2, 0) is 6.42 Å². The van der Waals surface area contributed by atoms with Crippen LogP contribution in [0.1, 0.15) is 32.9 Å². The number of rotatable bonds is 4. The Balaban J connectivity index is 2.09. The average molecular weight is 349 g/mol. The molecule has 3 aromatic rings. The normalized spacial score (nSPS) is 11.4. The number of aromatic nitrogens is 2. The van der Waals surface area contributed by atoms with E-state index in [0.717, 1.165) is 17.0 Å². The van der Waals surface area contributed by atoms with Crippen molar-refractivity contribution in [2.24, 2.45) is 0 Å². The van der Waals surface area contributed by atoms with Crippen molar-refractivity contribution in [2.75, 3.05) is 14.1 Å². The lowest BCUT2D eigenvalue weighted by atomic mass is 10.0. The van der Waals surface area contributed by atoms with Crippen molar-refractivity contribution >= 4 is 17.6 Å². The van der Waals surface area contributed by atoms with Crippen molar-refractivity contribution in [3.8, 4) is 5.75 Å². The van der Waals surface area contributed by atoms with E-state index in [9.17, 15) is 9.90 Å². The highest BCUT2D eigenvalue weighted by atomic mass is 16.3. The summed E-state index contributed by atoms with van der Waals surface area (Å²) < 4.78 is 1.78. The van der Waals surface area contributed by atoms with Gasteiger partial charge in [0.25, 0.3) is 5.91 Å². The number of imidazole rings is 1. The van der Waals surface area contributed by atoms with E-state index in [4.69, 9.17) is 0 Å². The largest absolute Gasteiger partial charge is 0.504 e. The topological polar surface area (TPSA) is 57.8 Å². The second-order valence-electron chi connectivity index (χ2n) is 6.56. The van der Waals surface area contributed by atoms with Gasteiger partial charge in [-0.3, -0.25) is 4.79 Å². The fourth-order valence-corrected chi connectivity index (χ4v) is 2.93. The first-order valence-electron chi connectivity index (χ1n) is 8.53. The molecule has 0 spiro atoms. The molecule has 0 bridgehead atoms. The summed E-state index contributed by atoms with van der Waals surface area (Å²) in [4.78, 5) is 18.6. The Morgan fingerprint density at radius 1 is 1.23 bits per heavy atom. The van der Waals surface area contributed by atoms with Crippen LogP contribution in [0.2, 0.25) is 0 Å². The number of carbonyl (C=O) groups is 1. The minimum atomic E-state index is -0.143. The molecule has 2 heterocycles. The fourth-order valence-electron chi connectivity index (χ4n) is 2.93. The number of carbonyl (C=O) groups excluding carboxylic acids is 1. The highest BCUT2D eigenvalue weighted by molar-refractivity contribution is 5.96. The van der Waals surface area contributed by atoms with E-state index in [2.05, 4.69) is 4.98 Å². The maximum Gasteiger partial charge on any atom is 0.255 e. The molecule has 0 radical (unpaired) electrons. The van der Waals surface area contributed by atoms with E-state index >= 15 is 0 Å². The summed E-state index contributed by atoms with van der Waals surface area (Å²) in [6.45, 7) is 3.82. The van der Waals surface area contributed by atoms with E-state index in [0.29, 0.717) is 23.2 Å². The molecule has 2 aromatic heterocycles. The lowest BCUT2D eigenvalue weighted by Gasteiger charge is -2.16. The molecular formula is C21H23N3O2. The van der Waals surface area contributed by atoms with E-state index in [1.54, 1.807) is 24.7 Å². The summed E-state index contributed by atoms with van der Waals surface area (Å²) >= 11 is 0. The molecule has 1 aromatic carbocycles. The number of nitrogens with zero attached hydrogens (tertiary/aromatic N) is 3. The van der Waals surface area contributed by atoms with E-state index in [-0.39, 0.29) is 11.7 Å². The predicted molar refractivity (Wildman–Crippen MR) is 104 cm³/mol. The Bertz CT molecular complexity index is 986. The van der Waals surface area contributed by atoms with Crippen LogP contribution in [0.15, 0.2) is 42.6 Å². The molecule has 0 unspecified atom stereocenters. The Hall–Kier alpha value is -3.08. The number of aromatic hydroxyl groups is 1. The maximum atomic E-state index is 12.7. The maximum absolute atomic E-state index is 12.7. The highest BCUT2D eigenvalue weighted by Crippen LogP contribution is 2.30. The molecule has 5 nitrogen and oxygen atoms in total. The molecule has 134 valence electrons. The zero-order valence-corrected chi connectivity index (χ0v) is 15.5. The third-order valence-electron chi connectivity index (χ3n) is 4.54. The molecular weight excluding hydrogens is 326 g/mol. The van der Waals surface area contributed by atoms with Crippen molar-refractivity contribution in [2.45, 2.75) is 20.3 Å². The van der Waals surface area contributed by atoms with Crippen LogP contribution < -0.4 is 0 Å². The van der Waals surface area contributed by atoms with Crippen molar-refractivity contribution < 1.29 is 9.90 Å². The molecule has 0 fully saturated rings. The van der Waals surface area contributed by atoms with Gasteiger partial charge in [-0.1, -0.05) is 42.5 Å². The van der Waals surface area contributed by atoms with Gasteiger partial charge in [0, 0.05) is 31.5 Å². The van der Waals surface area contributed by atoms with Crippen LogP contribution in [0, 0.1) is 13.8 Å². The number of amides is 1. The number of fused-ring (bicyclic) bond motifs is 1. The van der Waals surface area contributed by atoms with Gasteiger partial charge in [0.1, 0.15) is 0 Å². The monoisotopic (exact) mass is 349 g/mol. The van der Waals surface area contributed by atoms with Crippen LogP contribution in [0.3, 0.4) is 0 Å². The van der Waals surface area contributed by atoms with Crippen LogP contribution >= 0.6 is 0 Å². The van der Waals surface area contributed by atoms with Gasteiger partial charge in [-0.25, -0.2) is 4.98 Å². The van der Waals surface area contributed by atoms with Crippen LogP contribution in [0.4, 0.5) is 0 Å². The third kappa shape index (κ3) is 3.20. The lowest BCUT2D eigenvalue weighted by molar-refractivity contribution is 0.0825. The van der Waals surface area contributed by atoms with E-state index < -0.39 is 0 Å². The lowest BCUT2D eigenvalue weighted by Crippen LogP contribution is -2.23. The molecule has 1 N–H and O–H groups in total. The van der Waals surface area contributed by atoms with Gasteiger partial charge >= 0.3 is 0 Å². The van der Waals surface area contributed by atoms with Gasteiger partial charge in [-0.15, -0.1) is 0 Å². The average Bonchev–Trinajstić information content (AvgIpc) is 2.92. The van der Waals surface area contributed by atoms with Crippen LogP contribution in [0.25, 0.3) is 11.7 Å². The van der Waals surface area contributed by atoms with Crippen LogP contribution in [0.5, 0.6) is 5.75 Å². The van der Waals surface area contributed by atoms with Crippen molar-refractivity contribution in [3.63, 3.8) is 0 Å². The summed E-state index contributed by atoms with van der Waals surface area (Å²) in [6, 6.07) is 9.92. The van der Waals surface area contributed by atoms with Gasteiger partial charge in [-0.05, 0) is 25.8 Å². The van der Waals surface area contributed by atoms with Crippen molar-refractivity contribution in [1.29, 1.82) is 0 Å². The molecule has 0 aliphatic carbocycles. The smallest absolute Gasteiger partial charge is 0.255 e. The van der Waals surface area contributed by atoms with Crippen molar-refractivity contribution in [1.82, 2.24) is 14.3 Å². The number of allylic oxidation sites excluding steroid dienone is 1. The van der Waals surface area contributed by atoms with Gasteiger partial charge in [0.15, 0.2) is 11.4 Å². The summed E-state index contributed by atoms with van der Waals surface area (Å²) in [6.07, 6.45) is 6.15. The van der Waals surface area contributed by atoms with Crippen LogP contribution in [-0.4, -0.2) is 39.4 Å². The molecule has 26 heavy (non-hydrogen) atoms. The molecule has 0 aliphatic heterocycles. The minimum absolute atomic E-state index is 0.0617. The van der Waals surface area contributed by atoms with Gasteiger partial charge in [0.2, 0.25) is 0 Å². The SMILES string of the molecule is Cc1nc2c(O)c(CC=Cc3ccccc3)c(C(=O)N(C)C)cn2c1C.